The average molecular weight is 310 g/mol. The fourth-order valence-corrected chi connectivity index (χ4v) is 2.54. The maximum atomic E-state index is 12.0. The molecule has 0 spiro atoms. The molecular weight excluding hydrogens is 288 g/mol. The van der Waals surface area contributed by atoms with E-state index in [0.717, 1.165) is 18.2 Å². The highest BCUT2D eigenvalue weighted by Gasteiger charge is 2.15. The molecule has 0 aliphatic rings. The van der Waals surface area contributed by atoms with Crippen molar-refractivity contribution in [2.24, 2.45) is 0 Å². The van der Waals surface area contributed by atoms with Gasteiger partial charge in [0, 0.05) is 5.57 Å². The molecule has 0 aliphatic carbocycles. The van der Waals surface area contributed by atoms with Gasteiger partial charge < -0.3 is 5.32 Å². The van der Waals surface area contributed by atoms with Gasteiger partial charge in [-0.2, -0.15) is 0 Å². The van der Waals surface area contributed by atoms with E-state index < -0.39 is 10.0 Å². The Morgan fingerprint density at radius 2 is 1.95 bits per heavy atom. The van der Waals surface area contributed by atoms with Crippen molar-refractivity contribution in [3.05, 3.63) is 41.5 Å². The number of sulfonamides is 1. The molecule has 0 saturated carbocycles. The Hall–Kier alpha value is -1.82. The number of anilines is 1. The van der Waals surface area contributed by atoms with Crippen molar-refractivity contribution >= 4 is 21.6 Å². The minimum absolute atomic E-state index is 0.154. The Bertz CT molecular complexity index is 636. The molecule has 5 nitrogen and oxygen atoms in total. The van der Waals surface area contributed by atoms with Crippen molar-refractivity contribution in [2.75, 3.05) is 11.0 Å². The number of carbonyl (C=O) groups excluding carboxylic acids is 1. The summed E-state index contributed by atoms with van der Waals surface area (Å²) in [5.74, 6) is -0.154. The zero-order valence-corrected chi connectivity index (χ0v) is 13.6. The average Bonchev–Trinajstić information content (AvgIpc) is 2.37. The van der Waals surface area contributed by atoms with Crippen LogP contribution in [-0.4, -0.2) is 20.6 Å². The smallest absolute Gasteiger partial charge is 0.247 e. The van der Waals surface area contributed by atoms with Crippen molar-refractivity contribution in [1.82, 2.24) is 5.32 Å². The number of nitrogens with one attached hydrogen (secondary N) is 2. The largest absolute Gasteiger partial charge is 0.346 e. The summed E-state index contributed by atoms with van der Waals surface area (Å²) in [5, 5.41) is 2.86. The first-order chi connectivity index (χ1) is 9.74. The van der Waals surface area contributed by atoms with Gasteiger partial charge in [-0.25, -0.2) is 8.42 Å². The summed E-state index contributed by atoms with van der Waals surface area (Å²) in [6.07, 6.45) is 3.74. The molecule has 2 N–H and O–H groups in total. The van der Waals surface area contributed by atoms with Crippen LogP contribution in [0.3, 0.4) is 0 Å². The van der Waals surface area contributed by atoms with Crippen LogP contribution in [0.2, 0.25) is 0 Å². The predicted octanol–water partition coefficient (Wildman–Crippen LogP) is 2.59. The maximum Gasteiger partial charge on any atom is 0.247 e. The summed E-state index contributed by atoms with van der Waals surface area (Å²) < 4.78 is 25.2. The number of para-hydroxylation sites is 1. The molecule has 21 heavy (non-hydrogen) atoms. The van der Waals surface area contributed by atoms with Gasteiger partial charge in [-0.15, -0.1) is 0 Å². The highest BCUT2D eigenvalue weighted by atomic mass is 32.2. The van der Waals surface area contributed by atoms with Crippen LogP contribution in [0.4, 0.5) is 5.69 Å². The number of carbonyl (C=O) groups is 1. The third-order valence-corrected chi connectivity index (χ3v) is 3.53. The Labute approximate surface area is 126 Å². The van der Waals surface area contributed by atoms with Crippen LogP contribution in [0.1, 0.15) is 38.8 Å². The van der Waals surface area contributed by atoms with Gasteiger partial charge in [0.25, 0.3) is 0 Å². The molecule has 0 fully saturated rings. The SMILES string of the molecule is CC/C=C(/C)C(=O)N[C@H](C)c1ccccc1NS(C)(=O)=O. The molecule has 0 radical (unpaired) electrons. The second-order valence-electron chi connectivity index (χ2n) is 4.95. The van der Waals surface area contributed by atoms with Gasteiger partial charge in [0.2, 0.25) is 15.9 Å². The standard InChI is InChI=1S/C15H22N2O3S/c1-5-8-11(2)15(18)16-12(3)13-9-6-7-10-14(13)17-21(4,19)20/h6-10,12,17H,5H2,1-4H3,(H,16,18)/b11-8-/t12-/m1/s1. The van der Waals surface area contributed by atoms with E-state index in [1.807, 2.05) is 19.9 Å². The molecule has 0 heterocycles. The minimum Gasteiger partial charge on any atom is -0.346 e. The topological polar surface area (TPSA) is 75.3 Å². The van der Waals surface area contributed by atoms with Gasteiger partial charge in [-0.05, 0) is 31.9 Å². The van der Waals surface area contributed by atoms with Gasteiger partial charge in [-0.1, -0.05) is 31.2 Å². The maximum absolute atomic E-state index is 12.0. The second kappa shape index (κ2) is 7.26. The molecule has 0 aliphatic heterocycles. The highest BCUT2D eigenvalue weighted by Crippen LogP contribution is 2.23. The van der Waals surface area contributed by atoms with Gasteiger partial charge >= 0.3 is 0 Å². The summed E-state index contributed by atoms with van der Waals surface area (Å²) in [6.45, 7) is 5.54. The fourth-order valence-electron chi connectivity index (χ4n) is 1.95. The third-order valence-electron chi connectivity index (χ3n) is 2.94. The first-order valence-electron chi connectivity index (χ1n) is 6.79. The number of amides is 1. The fraction of sp³-hybridized carbons (Fsp3) is 0.400. The Kier molecular flexibility index (Phi) is 5.96. The molecule has 1 rings (SSSR count). The van der Waals surface area contributed by atoms with Crippen LogP contribution in [0.5, 0.6) is 0 Å². The van der Waals surface area contributed by atoms with Gasteiger partial charge in [0.15, 0.2) is 0 Å². The first-order valence-corrected chi connectivity index (χ1v) is 8.68. The number of allylic oxidation sites excluding steroid dienone is 1. The van der Waals surface area contributed by atoms with E-state index in [1.165, 1.54) is 0 Å². The van der Waals surface area contributed by atoms with Crippen molar-refractivity contribution in [2.45, 2.75) is 33.2 Å². The third kappa shape index (κ3) is 5.59. The van der Waals surface area contributed by atoms with Crippen LogP contribution in [0, 0.1) is 0 Å². The number of hydrogen-bond acceptors (Lipinski definition) is 3. The van der Waals surface area contributed by atoms with E-state index in [2.05, 4.69) is 10.0 Å². The van der Waals surface area contributed by atoms with Crippen molar-refractivity contribution in [3.63, 3.8) is 0 Å². The van der Waals surface area contributed by atoms with Crippen LogP contribution in [0.15, 0.2) is 35.9 Å². The lowest BCUT2D eigenvalue weighted by Crippen LogP contribution is -2.28. The molecule has 116 valence electrons. The molecule has 0 saturated heterocycles. The monoisotopic (exact) mass is 310 g/mol. The molecule has 1 aromatic rings. The Morgan fingerprint density at radius 1 is 1.33 bits per heavy atom. The zero-order valence-electron chi connectivity index (χ0n) is 12.8. The van der Waals surface area contributed by atoms with E-state index in [1.54, 1.807) is 31.2 Å². The summed E-state index contributed by atoms with van der Waals surface area (Å²) in [6, 6.07) is 6.71. The molecule has 1 aromatic carbocycles. The van der Waals surface area contributed by atoms with Crippen molar-refractivity contribution in [3.8, 4) is 0 Å². The lowest BCUT2D eigenvalue weighted by Gasteiger charge is -2.18. The van der Waals surface area contributed by atoms with Crippen molar-refractivity contribution < 1.29 is 13.2 Å². The normalized spacial score (nSPS) is 13.6. The lowest BCUT2D eigenvalue weighted by molar-refractivity contribution is -0.118. The van der Waals surface area contributed by atoms with Crippen LogP contribution in [0.25, 0.3) is 0 Å². The molecular formula is C15H22N2O3S. The molecule has 1 atom stereocenters. The summed E-state index contributed by atoms with van der Waals surface area (Å²) in [4.78, 5) is 12.0. The second-order valence-corrected chi connectivity index (χ2v) is 6.70. The van der Waals surface area contributed by atoms with E-state index in [9.17, 15) is 13.2 Å². The van der Waals surface area contributed by atoms with Crippen molar-refractivity contribution in [1.29, 1.82) is 0 Å². The Morgan fingerprint density at radius 3 is 2.52 bits per heavy atom. The minimum atomic E-state index is -3.36. The summed E-state index contributed by atoms with van der Waals surface area (Å²) in [5.41, 5.74) is 1.85. The Balaban J connectivity index is 2.95. The van der Waals surface area contributed by atoms with E-state index in [-0.39, 0.29) is 11.9 Å². The van der Waals surface area contributed by atoms with Crippen LogP contribution < -0.4 is 10.0 Å². The van der Waals surface area contributed by atoms with E-state index in [0.29, 0.717) is 11.3 Å². The van der Waals surface area contributed by atoms with Gasteiger partial charge in [0.1, 0.15) is 0 Å². The summed E-state index contributed by atoms with van der Waals surface area (Å²) in [7, 11) is -3.36. The van der Waals surface area contributed by atoms with Crippen LogP contribution in [-0.2, 0) is 14.8 Å². The van der Waals surface area contributed by atoms with Gasteiger partial charge in [0.05, 0.1) is 18.0 Å². The molecule has 1 amide bonds. The number of rotatable bonds is 6. The summed E-state index contributed by atoms with van der Waals surface area (Å²) >= 11 is 0. The van der Waals surface area contributed by atoms with Gasteiger partial charge in [-0.3, -0.25) is 9.52 Å². The number of benzene rings is 1. The zero-order chi connectivity index (χ0) is 16.0. The molecule has 0 bridgehead atoms. The highest BCUT2D eigenvalue weighted by molar-refractivity contribution is 7.92. The molecule has 0 unspecified atom stereocenters. The molecule has 6 heteroatoms. The molecule has 0 aromatic heterocycles. The predicted molar refractivity (Wildman–Crippen MR) is 85.5 cm³/mol. The lowest BCUT2D eigenvalue weighted by atomic mass is 10.1. The van der Waals surface area contributed by atoms with Crippen LogP contribution >= 0.6 is 0 Å². The van der Waals surface area contributed by atoms with E-state index in [4.69, 9.17) is 0 Å². The first kappa shape index (κ1) is 17.2. The number of hydrogen-bond donors (Lipinski definition) is 2. The van der Waals surface area contributed by atoms with E-state index >= 15 is 0 Å². The quantitative estimate of drug-likeness (QED) is 0.793.